The van der Waals surface area contributed by atoms with Crippen LogP contribution in [0.5, 0.6) is 0 Å². The maximum Gasteiger partial charge on any atom is -0.00490 e. The van der Waals surface area contributed by atoms with Gasteiger partial charge in [-0.25, -0.2) is 0 Å². The summed E-state index contributed by atoms with van der Waals surface area (Å²) in [6.07, 6.45) is 17.3. The molecule has 0 bridgehead atoms. The van der Waals surface area contributed by atoms with Gasteiger partial charge in [-0.3, -0.25) is 0 Å². The Morgan fingerprint density at radius 2 is 0.944 bits per heavy atom. The largest absolute Gasteiger partial charge is 0.344 e. The van der Waals surface area contributed by atoms with Gasteiger partial charge in [0.1, 0.15) is 0 Å². The summed E-state index contributed by atoms with van der Waals surface area (Å²) < 4.78 is 0. The highest BCUT2D eigenvalue weighted by molar-refractivity contribution is 4.49. The summed E-state index contributed by atoms with van der Waals surface area (Å²) in [7, 11) is 0. The number of rotatable bonds is 14. The molecule has 2 heteroatoms. The van der Waals surface area contributed by atoms with Crippen molar-refractivity contribution < 1.29 is 0 Å². The zero-order valence-corrected chi connectivity index (χ0v) is 13.1. The third-order valence-electron chi connectivity index (χ3n) is 3.46. The Balaban J connectivity index is 0. The predicted octanol–water partition coefficient (Wildman–Crippen LogP) is 5.46. The lowest BCUT2D eigenvalue weighted by molar-refractivity contribution is 0.538. The minimum atomic E-state index is 0. The standard InChI is InChI=1S/C16H35N.H3N/c1-3-5-6-7-8-9-10-11-12-13-14-15-16-17-4-2;/h17H,3-16H2,1-2H3;1H3. The van der Waals surface area contributed by atoms with E-state index in [2.05, 4.69) is 19.2 Å². The predicted molar refractivity (Wildman–Crippen MR) is 84.6 cm³/mol. The van der Waals surface area contributed by atoms with E-state index in [-0.39, 0.29) is 6.15 Å². The maximum atomic E-state index is 3.38. The van der Waals surface area contributed by atoms with E-state index in [1.807, 2.05) is 0 Å². The molecule has 0 saturated carbocycles. The summed E-state index contributed by atoms with van der Waals surface area (Å²) >= 11 is 0. The van der Waals surface area contributed by atoms with Gasteiger partial charge in [0.25, 0.3) is 0 Å². The van der Waals surface area contributed by atoms with E-state index in [0.29, 0.717) is 0 Å². The SMILES string of the molecule is CCCCCCCCCCCCCCNCC.N. The van der Waals surface area contributed by atoms with Gasteiger partial charge in [0.2, 0.25) is 0 Å². The van der Waals surface area contributed by atoms with E-state index in [4.69, 9.17) is 0 Å². The molecule has 112 valence electrons. The molecule has 0 aliphatic carbocycles. The minimum absolute atomic E-state index is 0. The molecule has 0 rings (SSSR count). The van der Waals surface area contributed by atoms with Crippen LogP contribution in [0.2, 0.25) is 0 Å². The Hall–Kier alpha value is -0.0800. The van der Waals surface area contributed by atoms with Gasteiger partial charge in [-0.15, -0.1) is 0 Å². The highest BCUT2D eigenvalue weighted by Gasteiger charge is 1.93. The number of unbranched alkanes of at least 4 members (excludes halogenated alkanes) is 11. The van der Waals surface area contributed by atoms with Crippen LogP contribution in [0, 0.1) is 0 Å². The first-order valence-electron chi connectivity index (χ1n) is 8.12. The first-order valence-corrected chi connectivity index (χ1v) is 8.12. The maximum absolute atomic E-state index is 3.38. The molecule has 0 aromatic heterocycles. The zero-order chi connectivity index (χ0) is 12.6. The van der Waals surface area contributed by atoms with Gasteiger partial charge in [0.05, 0.1) is 0 Å². The molecule has 4 N–H and O–H groups in total. The van der Waals surface area contributed by atoms with Crippen LogP contribution in [0.25, 0.3) is 0 Å². The average Bonchev–Trinajstić information content (AvgIpc) is 2.35. The Morgan fingerprint density at radius 1 is 0.556 bits per heavy atom. The number of hydrogen-bond acceptors (Lipinski definition) is 2. The van der Waals surface area contributed by atoms with E-state index >= 15 is 0 Å². The fourth-order valence-electron chi connectivity index (χ4n) is 2.27. The molecule has 0 saturated heterocycles. The van der Waals surface area contributed by atoms with Crippen molar-refractivity contribution in [1.29, 1.82) is 0 Å². The van der Waals surface area contributed by atoms with Crippen LogP contribution in [-0.2, 0) is 0 Å². The molecule has 2 nitrogen and oxygen atoms in total. The summed E-state index contributed by atoms with van der Waals surface area (Å²) in [5.74, 6) is 0. The average molecular weight is 258 g/mol. The summed E-state index contributed by atoms with van der Waals surface area (Å²) in [6, 6.07) is 0. The van der Waals surface area contributed by atoms with Crippen LogP contribution in [0.4, 0.5) is 0 Å². The number of hydrogen-bond donors (Lipinski definition) is 2. The van der Waals surface area contributed by atoms with Crippen LogP contribution in [0.3, 0.4) is 0 Å². The van der Waals surface area contributed by atoms with E-state index in [1.54, 1.807) is 0 Å². The Kier molecular flexibility index (Phi) is 21.7. The number of nitrogens with one attached hydrogen (secondary N) is 1. The lowest BCUT2D eigenvalue weighted by Gasteiger charge is -2.03. The molecule has 0 heterocycles. The summed E-state index contributed by atoms with van der Waals surface area (Å²) in [6.45, 7) is 6.81. The van der Waals surface area contributed by atoms with Crippen molar-refractivity contribution in [3.63, 3.8) is 0 Å². The molecule has 0 fully saturated rings. The minimum Gasteiger partial charge on any atom is -0.344 e. The summed E-state index contributed by atoms with van der Waals surface area (Å²) in [5, 5.41) is 3.38. The van der Waals surface area contributed by atoms with Gasteiger partial charge in [-0.05, 0) is 19.5 Å². The second kappa shape index (κ2) is 19.3. The van der Waals surface area contributed by atoms with Crippen molar-refractivity contribution in [2.45, 2.75) is 90.9 Å². The molecule has 0 amide bonds. The van der Waals surface area contributed by atoms with Crippen LogP contribution in [0.1, 0.15) is 90.9 Å². The smallest absolute Gasteiger partial charge is 0.00490 e. The van der Waals surface area contributed by atoms with Crippen molar-refractivity contribution >= 4 is 0 Å². The van der Waals surface area contributed by atoms with Gasteiger partial charge < -0.3 is 11.5 Å². The highest BCUT2D eigenvalue weighted by atomic mass is 14.8. The highest BCUT2D eigenvalue weighted by Crippen LogP contribution is 2.11. The molecule has 18 heavy (non-hydrogen) atoms. The van der Waals surface area contributed by atoms with Crippen LogP contribution in [0.15, 0.2) is 0 Å². The van der Waals surface area contributed by atoms with Crippen molar-refractivity contribution in [3.05, 3.63) is 0 Å². The Bertz CT molecular complexity index is 112. The van der Waals surface area contributed by atoms with Gasteiger partial charge in [0, 0.05) is 0 Å². The Labute approximate surface area is 116 Å². The lowest BCUT2D eigenvalue weighted by atomic mass is 10.1. The molecule has 0 aliphatic rings. The zero-order valence-electron chi connectivity index (χ0n) is 13.1. The molecule has 0 aliphatic heterocycles. The second-order valence-electron chi connectivity index (χ2n) is 5.24. The fraction of sp³-hybridized carbons (Fsp3) is 1.00. The second-order valence-corrected chi connectivity index (χ2v) is 5.24. The molecular formula is C16H38N2. The van der Waals surface area contributed by atoms with Gasteiger partial charge in [0.15, 0.2) is 0 Å². The first kappa shape index (κ1) is 20.2. The van der Waals surface area contributed by atoms with Crippen LogP contribution >= 0.6 is 0 Å². The molecule has 0 aromatic rings. The summed E-state index contributed by atoms with van der Waals surface area (Å²) in [5.41, 5.74) is 0. The van der Waals surface area contributed by atoms with E-state index in [0.717, 1.165) is 6.54 Å². The molecule has 0 aromatic carbocycles. The Morgan fingerprint density at radius 3 is 1.33 bits per heavy atom. The van der Waals surface area contributed by atoms with E-state index in [1.165, 1.54) is 83.6 Å². The third kappa shape index (κ3) is 18.3. The van der Waals surface area contributed by atoms with Gasteiger partial charge in [-0.2, -0.15) is 0 Å². The van der Waals surface area contributed by atoms with Crippen molar-refractivity contribution in [2.75, 3.05) is 13.1 Å². The third-order valence-corrected chi connectivity index (χ3v) is 3.46. The first-order chi connectivity index (χ1) is 8.41. The van der Waals surface area contributed by atoms with Crippen molar-refractivity contribution in [1.82, 2.24) is 11.5 Å². The van der Waals surface area contributed by atoms with Crippen molar-refractivity contribution in [2.24, 2.45) is 0 Å². The molecule has 0 radical (unpaired) electrons. The molecule has 0 unspecified atom stereocenters. The van der Waals surface area contributed by atoms with E-state index in [9.17, 15) is 0 Å². The molecule has 0 spiro atoms. The molecular weight excluding hydrogens is 220 g/mol. The lowest BCUT2D eigenvalue weighted by Crippen LogP contribution is -2.13. The van der Waals surface area contributed by atoms with Gasteiger partial charge >= 0.3 is 0 Å². The van der Waals surface area contributed by atoms with Crippen LogP contribution in [-0.4, -0.2) is 13.1 Å². The quantitative estimate of drug-likeness (QED) is 0.406. The van der Waals surface area contributed by atoms with Crippen molar-refractivity contribution in [3.8, 4) is 0 Å². The van der Waals surface area contributed by atoms with Crippen LogP contribution < -0.4 is 11.5 Å². The fourth-order valence-corrected chi connectivity index (χ4v) is 2.27. The van der Waals surface area contributed by atoms with Gasteiger partial charge in [-0.1, -0.05) is 84.5 Å². The molecule has 0 atom stereocenters. The summed E-state index contributed by atoms with van der Waals surface area (Å²) in [4.78, 5) is 0. The topological polar surface area (TPSA) is 47.0 Å². The van der Waals surface area contributed by atoms with E-state index < -0.39 is 0 Å². The normalized spacial score (nSPS) is 10.3. The monoisotopic (exact) mass is 258 g/mol.